The van der Waals surface area contributed by atoms with Gasteiger partial charge in [-0.2, -0.15) is 0 Å². The van der Waals surface area contributed by atoms with Gasteiger partial charge in [-0.15, -0.1) is 0 Å². The average molecular weight is 524 g/mol. The molecule has 2 aromatic carbocycles. The molecule has 0 spiro atoms. The predicted octanol–water partition coefficient (Wildman–Crippen LogP) is 6.99. The van der Waals surface area contributed by atoms with E-state index in [-0.39, 0.29) is 5.97 Å². The number of anilines is 1. The molecule has 2 aromatic heterocycles. The van der Waals surface area contributed by atoms with Gasteiger partial charge in [0, 0.05) is 47.5 Å². The highest BCUT2D eigenvalue weighted by Gasteiger charge is 2.54. The topological polar surface area (TPSA) is 56.6 Å². The monoisotopic (exact) mass is 523 g/mol. The average Bonchev–Trinajstić information content (AvgIpc) is 3.44. The fourth-order valence-electron chi connectivity index (χ4n) is 7.12. The van der Waals surface area contributed by atoms with E-state index in [1.807, 2.05) is 18.2 Å². The molecule has 4 aromatic rings. The molecule has 202 valence electrons. The molecule has 1 aliphatic heterocycles. The molecule has 0 saturated heterocycles. The van der Waals surface area contributed by atoms with Crippen molar-refractivity contribution in [1.82, 2.24) is 9.55 Å². The van der Waals surface area contributed by atoms with Crippen LogP contribution in [-0.4, -0.2) is 35.2 Å². The Hall–Kier alpha value is -3.80. The molecule has 1 saturated carbocycles. The van der Waals surface area contributed by atoms with Gasteiger partial charge < -0.3 is 18.9 Å². The van der Waals surface area contributed by atoms with Crippen LogP contribution in [0.1, 0.15) is 78.8 Å². The largest absolute Gasteiger partial charge is 0.494 e. The number of methoxy groups -OCH3 is 1. The number of aryl methyl sites for hydroxylation is 1. The highest BCUT2D eigenvalue weighted by Crippen LogP contribution is 2.54. The summed E-state index contributed by atoms with van der Waals surface area (Å²) in [4.78, 5) is 20.9. The number of rotatable bonds is 7. The number of carbonyl (C=O) groups excluding carboxylic acids is 1. The first-order valence-electron chi connectivity index (χ1n) is 14.3. The van der Waals surface area contributed by atoms with Crippen LogP contribution >= 0.6 is 0 Å². The minimum atomic E-state index is -1.24. The Labute approximate surface area is 230 Å². The lowest BCUT2D eigenvalue weighted by atomic mass is 9.80. The molecule has 1 fully saturated rings. The quantitative estimate of drug-likeness (QED) is 0.244. The lowest BCUT2D eigenvalue weighted by Crippen LogP contribution is -2.38. The molecule has 0 radical (unpaired) electrons. The second-order valence-electron chi connectivity index (χ2n) is 10.6. The van der Waals surface area contributed by atoms with Crippen molar-refractivity contribution in [3.8, 4) is 5.75 Å². The summed E-state index contributed by atoms with van der Waals surface area (Å²) in [5.41, 5.74) is 4.83. The van der Waals surface area contributed by atoms with Crippen LogP contribution in [0.15, 0.2) is 60.8 Å². The minimum Gasteiger partial charge on any atom is -0.494 e. The molecule has 1 atom stereocenters. The molecule has 1 aliphatic carbocycles. The Balaban J connectivity index is 1.69. The lowest BCUT2D eigenvalue weighted by molar-refractivity contribution is 0.0239. The fourth-order valence-corrected chi connectivity index (χ4v) is 7.12. The number of para-hydroxylation sites is 2. The third-order valence-electron chi connectivity index (χ3n) is 8.75. The number of pyridine rings is 1. The fraction of sp³-hybridized carbons (Fsp3) is 0.394. The van der Waals surface area contributed by atoms with E-state index < -0.39 is 5.60 Å². The predicted molar refractivity (Wildman–Crippen MR) is 155 cm³/mol. The molecule has 6 heteroatoms. The highest BCUT2D eigenvalue weighted by molar-refractivity contribution is 5.98. The number of hydrogen-bond donors (Lipinski definition) is 0. The van der Waals surface area contributed by atoms with E-state index in [4.69, 9.17) is 14.5 Å². The Morgan fingerprint density at radius 3 is 2.59 bits per heavy atom. The smallest absolute Gasteiger partial charge is 0.341 e. The van der Waals surface area contributed by atoms with Crippen LogP contribution in [0.4, 0.5) is 5.69 Å². The van der Waals surface area contributed by atoms with Gasteiger partial charge in [0.2, 0.25) is 5.60 Å². The molecule has 39 heavy (non-hydrogen) atoms. The number of cyclic esters (lactones) is 1. The van der Waals surface area contributed by atoms with Crippen molar-refractivity contribution in [3.05, 3.63) is 88.9 Å². The van der Waals surface area contributed by atoms with Crippen molar-refractivity contribution in [3.63, 3.8) is 0 Å². The number of carbonyl (C=O) groups is 1. The van der Waals surface area contributed by atoms with Crippen molar-refractivity contribution in [2.24, 2.45) is 0 Å². The summed E-state index contributed by atoms with van der Waals surface area (Å²) in [6, 6.07) is 18.7. The number of esters is 1. The van der Waals surface area contributed by atoms with Gasteiger partial charge >= 0.3 is 5.97 Å². The van der Waals surface area contributed by atoms with Gasteiger partial charge in [-0.1, -0.05) is 49.6 Å². The third kappa shape index (κ3) is 3.75. The Morgan fingerprint density at radius 1 is 1.05 bits per heavy atom. The van der Waals surface area contributed by atoms with Crippen molar-refractivity contribution < 1.29 is 14.3 Å². The highest BCUT2D eigenvalue weighted by atomic mass is 16.6. The molecular formula is C33H37N3O3. The number of aromatic nitrogens is 2. The summed E-state index contributed by atoms with van der Waals surface area (Å²) >= 11 is 0. The summed E-state index contributed by atoms with van der Waals surface area (Å²) in [7, 11) is 1.73. The van der Waals surface area contributed by atoms with E-state index >= 15 is 0 Å². The normalized spacial score (nSPS) is 19.2. The maximum atomic E-state index is 13.6. The first-order valence-corrected chi connectivity index (χ1v) is 14.3. The molecule has 2 aliphatic rings. The second-order valence-corrected chi connectivity index (χ2v) is 10.6. The molecule has 0 amide bonds. The summed E-state index contributed by atoms with van der Waals surface area (Å²) in [5, 5.41) is 1.05. The molecule has 3 heterocycles. The maximum absolute atomic E-state index is 13.6. The van der Waals surface area contributed by atoms with E-state index in [9.17, 15) is 4.79 Å². The zero-order valence-corrected chi connectivity index (χ0v) is 23.4. The SMILES string of the molecule is CCN(c1cccc(C2(c3c(C)n(CC)c4ccccc34)OC(=O)c3cccnc32)c1OC)C1CCCCC1. The summed E-state index contributed by atoms with van der Waals surface area (Å²) < 4.78 is 15.1. The molecule has 6 nitrogen and oxygen atoms in total. The van der Waals surface area contributed by atoms with Crippen molar-refractivity contribution in [2.45, 2.75) is 71.1 Å². The molecule has 6 rings (SSSR count). The summed E-state index contributed by atoms with van der Waals surface area (Å²) in [6.07, 6.45) is 7.90. The van der Waals surface area contributed by atoms with Crippen LogP contribution in [-0.2, 0) is 16.9 Å². The zero-order chi connectivity index (χ0) is 27.1. The second kappa shape index (κ2) is 10.1. The Kier molecular flexibility index (Phi) is 6.57. The number of ether oxygens (including phenoxy) is 2. The van der Waals surface area contributed by atoms with Gasteiger partial charge in [-0.05, 0) is 57.9 Å². The van der Waals surface area contributed by atoms with Gasteiger partial charge in [0.1, 0.15) is 11.4 Å². The molecule has 0 bridgehead atoms. The van der Waals surface area contributed by atoms with Gasteiger partial charge in [0.05, 0.1) is 23.9 Å². The standard InChI is InChI=1S/C33H37N3O3/c1-5-35-22(3)29(24-16-10-11-19-27(24)35)33(31-25(32(37)39-33)17-13-21-34-31)26-18-12-20-28(30(26)38-4)36(6-2)23-14-8-7-9-15-23/h10-13,16-21,23H,5-9,14-15H2,1-4H3. The summed E-state index contributed by atoms with van der Waals surface area (Å²) in [6.45, 7) is 8.15. The van der Waals surface area contributed by atoms with Gasteiger partial charge in [0.25, 0.3) is 0 Å². The van der Waals surface area contributed by atoms with Crippen LogP contribution in [0.3, 0.4) is 0 Å². The van der Waals surface area contributed by atoms with E-state index in [1.165, 1.54) is 32.1 Å². The van der Waals surface area contributed by atoms with E-state index in [0.717, 1.165) is 52.3 Å². The molecule has 1 unspecified atom stereocenters. The van der Waals surface area contributed by atoms with Crippen molar-refractivity contribution >= 4 is 22.6 Å². The first kappa shape index (κ1) is 25.5. The van der Waals surface area contributed by atoms with Crippen molar-refractivity contribution in [1.29, 1.82) is 0 Å². The van der Waals surface area contributed by atoms with Crippen molar-refractivity contribution in [2.75, 3.05) is 18.6 Å². The Morgan fingerprint density at radius 2 is 1.85 bits per heavy atom. The number of hydrogen-bond acceptors (Lipinski definition) is 5. The molecule has 0 N–H and O–H groups in total. The van der Waals surface area contributed by atoms with Crippen LogP contribution in [0, 0.1) is 6.92 Å². The van der Waals surface area contributed by atoms with Crippen LogP contribution < -0.4 is 9.64 Å². The Bertz CT molecular complexity index is 1530. The third-order valence-corrected chi connectivity index (χ3v) is 8.75. The summed E-state index contributed by atoms with van der Waals surface area (Å²) in [5.74, 6) is 0.377. The van der Waals surface area contributed by atoms with Crippen LogP contribution in [0.25, 0.3) is 10.9 Å². The van der Waals surface area contributed by atoms with Gasteiger partial charge in [-0.25, -0.2) is 4.79 Å². The number of nitrogens with zero attached hydrogens (tertiary/aromatic N) is 3. The van der Waals surface area contributed by atoms with Gasteiger partial charge in [-0.3, -0.25) is 4.98 Å². The number of fused-ring (bicyclic) bond motifs is 2. The molecular weight excluding hydrogens is 486 g/mol. The maximum Gasteiger partial charge on any atom is 0.341 e. The van der Waals surface area contributed by atoms with Crippen LogP contribution in [0.5, 0.6) is 5.75 Å². The number of benzene rings is 2. The van der Waals surface area contributed by atoms with Crippen LogP contribution in [0.2, 0.25) is 0 Å². The van der Waals surface area contributed by atoms with E-state index in [0.29, 0.717) is 17.3 Å². The minimum absolute atomic E-state index is 0.363. The van der Waals surface area contributed by atoms with E-state index in [1.54, 1.807) is 19.4 Å². The zero-order valence-electron chi connectivity index (χ0n) is 23.4. The lowest BCUT2D eigenvalue weighted by Gasteiger charge is -2.38. The van der Waals surface area contributed by atoms with Gasteiger partial charge in [0.15, 0.2) is 0 Å². The first-order chi connectivity index (χ1) is 19.1. The van der Waals surface area contributed by atoms with E-state index in [2.05, 4.69) is 60.6 Å².